The molecule has 0 spiro atoms. The van der Waals surface area contributed by atoms with Crippen LogP contribution in [0.5, 0.6) is 11.5 Å². The summed E-state index contributed by atoms with van der Waals surface area (Å²) < 4.78 is 5.43. The largest absolute Gasteiger partial charge is 0.508 e. The van der Waals surface area contributed by atoms with E-state index in [0.29, 0.717) is 18.8 Å². The lowest BCUT2D eigenvalue weighted by Crippen LogP contribution is -2.45. The van der Waals surface area contributed by atoms with E-state index < -0.39 is 6.23 Å². The van der Waals surface area contributed by atoms with Gasteiger partial charge in [0.05, 0.1) is 0 Å². The van der Waals surface area contributed by atoms with Crippen molar-refractivity contribution < 1.29 is 19.4 Å². The highest BCUT2D eigenvalue weighted by Gasteiger charge is 2.07. The van der Waals surface area contributed by atoms with E-state index >= 15 is 0 Å². The quantitative estimate of drug-likeness (QED) is 0.452. The van der Waals surface area contributed by atoms with Gasteiger partial charge < -0.3 is 25.8 Å². The average Bonchev–Trinajstić information content (AvgIpc) is 2.37. The molecule has 1 atom stereocenters. The molecule has 7 heteroatoms. The van der Waals surface area contributed by atoms with Crippen LogP contribution in [0.4, 0.5) is 4.79 Å². The van der Waals surface area contributed by atoms with E-state index in [9.17, 15) is 9.59 Å². The molecule has 0 radical (unpaired) electrons. The van der Waals surface area contributed by atoms with Gasteiger partial charge in [0.1, 0.15) is 11.5 Å². The lowest BCUT2D eigenvalue weighted by Gasteiger charge is -2.16. The Morgan fingerprint density at radius 1 is 1.20 bits per heavy atom. The predicted octanol–water partition coefficient (Wildman–Crippen LogP) is 0.552. The van der Waals surface area contributed by atoms with Gasteiger partial charge in [0.2, 0.25) is 5.91 Å². The number of carbonyl (C=O) groups is 2. The van der Waals surface area contributed by atoms with Crippen LogP contribution in [0, 0.1) is 0 Å². The molecule has 0 heterocycles. The number of carbonyl (C=O) groups excluding carboxylic acids is 2. The number of rotatable bonds is 6. The smallest absolute Gasteiger partial charge is 0.317 e. The molecule has 3 amide bonds. The molecule has 20 heavy (non-hydrogen) atoms. The van der Waals surface area contributed by atoms with Gasteiger partial charge in [0, 0.05) is 20.0 Å². The number of benzene rings is 1. The van der Waals surface area contributed by atoms with Crippen LogP contribution in [0.3, 0.4) is 0 Å². The summed E-state index contributed by atoms with van der Waals surface area (Å²) >= 11 is 0. The molecule has 0 saturated heterocycles. The lowest BCUT2D eigenvalue weighted by molar-refractivity contribution is -0.118. The van der Waals surface area contributed by atoms with Gasteiger partial charge in [0.25, 0.3) is 0 Å². The Bertz CT molecular complexity index is 447. The third-order valence-corrected chi connectivity index (χ3v) is 2.27. The SMILES string of the molecule is CC(=O)NCCNC(=O)NC(C)Oc1ccc(O)cc1. The molecule has 0 aromatic heterocycles. The zero-order valence-corrected chi connectivity index (χ0v) is 11.5. The molecular formula is C13H19N3O4. The number of hydrogen-bond acceptors (Lipinski definition) is 4. The van der Waals surface area contributed by atoms with Crippen molar-refractivity contribution in [3.05, 3.63) is 24.3 Å². The molecule has 0 aliphatic rings. The predicted molar refractivity (Wildman–Crippen MR) is 73.4 cm³/mol. The monoisotopic (exact) mass is 281 g/mol. The first-order chi connectivity index (χ1) is 9.47. The number of ether oxygens (including phenoxy) is 1. The highest BCUT2D eigenvalue weighted by molar-refractivity contribution is 5.74. The summed E-state index contributed by atoms with van der Waals surface area (Å²) in [5.74, 6) is 0.541. The van der Waals surface area contributed by atoms with Crippen LogP contribution in [0.25, 0.3) is 0 Å². The van der Waals surface area contributed by atoms with Gasteiger partial charge >= 0.3 is 6.03 Å². The van der Waals surface area contributed by atoms with Crippen molar-refractivity contribution >= 4 is 11.9 Å². The summed E-state index contributed by atoms with van der Waals surface area (Å²) in [6, 6.07) is 5.80. The fourth-order valence-corrected chi connectivity index (χ4v) is 1.41. The summed E-state index contributed by atoms with van der Waals surface area (Å²) in [5.41, 5.74) is 0. The van der Waals surface area contributed by atoms with Crippen LogP contribution in [0.2, 0.25) is 0 Å². The third-order valence-electron chi connectivity index (χ3n) is 2.27. The fraction of sp³-hybridized carbons (Fsp3) is 0.385. The second-order valence-electron chi connectivity index (χ2n) is 4.14. The molecular weight excluding hydrogens is 262 g/mol. The summed E-state index contributed by atoms with van der Waals surface area (Å²) in [6.45, 7) is 3.79. The summed E-state index contributed by atoms with van der Waals surface area (Å²) in [6.07, 6.45) is -0.527. The number of phenols is 1. The molecule has 1 rings (SSSR count). The molecule has 110 valence electrons. The second-order valence-corrected chi connectivity index (χ2v) is 4.14. The van der Waals surface area contributed by atoms with E-state index in [-0.39, 0.29) is 17.7 Å². The molecule has 1 unspecified atom stereocenters. The first kappa shape index (κ1) is 15.6. The number of nitrogens with one attached hydrogen (secondary N) is 3. The van der Waals surface area contributed by atoms with E-state index in [1.54, 1.807) is 19.1 Å². The zero-order valence-electron chi connectivity index (χ0n) is 11.5. The molecule has 7 nitrogen and oxygen atoms in total. The minimum atomic E-state index is -0.527. The van der Waals surface area contributed by atoms with Crippen molar-refractivity contribution in [3.8, 4) is 11.5 Å². The Hall–Kier alpha value is -2.44. The highest BCUT2D eigenvalue weighted by Crippen LogP contribution is 2.16. The molecule has 0 fully saturated rings. The maximum absolute atomic E-state index is 11.5. The number of aromatic hydroxyl groups is 1. The summed E-state index contributed by atoms with van der Waals surface area (Å²) in [4.78, 5) is 22.1. The Balaban J connectivity index is 2.24. The van der Waals surface area contributed by atoms with E-state index in [0.717, 1.165) is 0 Å². The van der Waals surface area contributed by atoms with E-state index in [2.05, 4.69) is 16.0 Å². The van der Waals surface area contributed by atoms with Gasteiger partial charge in [-0.05, 0) is 31.2 Å². The van der Waals surface area contributed by atoms with Crippen LogP contribution in [-0.4, -0.2) is 36.4 Å². The van der Waals surface area contributed by atoms with Crippen molar-refractivity contribution in [1.29, 1.82) is 0 Å². The van der Waals surface area contributed by atoms with Crippen molar-refractivity contribution in [1.82, 2.24) is 16.0 Å². The van der Waals surface area contributed by atoms with E-state index in [1.807, 2.05) is 0 Å². The second kappa shape index (κ2) is 7.88. The van der Waals surface area contributed by atoms with Crippen LogP contribution >= 0.6 is 0 Å². The number of urea groups is 1. The number of amides is 3. The molecule has 1 aromatic rings. The number of phenolic OH excluding ortho intramolecular Hbond substituents is 1. The minimum absolute atomic E-state index is 0.142. The lowest BCUT2D eigenvalue weighted by atomic mass is 10.3. The average molecular weight is 281 g/mol. The van der Waals surface area contributed by atoms with Gasteiger partial charge in [0.15, 0.2) is 6.23 Å². The Kier molecular flexibility index (Phi) is 6.15. The Labute approximate surface area is 117 Å². The maximum Gasteiger partial charge on any atom is 0.317 e. The van der Waals surface area contributed by atoms with Gasteiger partial charge in [-0.15, -0.1) is 0 Å². The van der Waals surface area contributed by atoms with Gasteiger partial charge in [-0.25, -0.2) is 4.79 Å². The highest BCUT2D eigenvalue weighted by atomic mass is 16.5. The van der Waals surface area contributed by atoms with Crippen LogP contribution in [0.15, 0.2) is 24.3 Å². The molecule has 0 aliphatic heterocycles. The molecule has 0 aliphatic carbocycles. The van der Waals surface area contributed by atoms with Crippen LogP contribution < -0.4 is 20.7 Å². The van der Waals surface area contributed by atoms with Gasteiger partial charge in [-0.1, -0.05) is 0 Å². The van der Waals surface area contributed by atoms with Crippen molar-refractivity contribution in [2.45, 2.75) is 20.1 Å². The van der Waals surface area contributed by atoms with Gasteiger partial charge in [-0.2, -0.15) is 0 Å². The normalized spacial score (nSPS) is 11.3. The van der Waals surface area contributed by atoms with Crippen LogP contribution in [0.1, 0.15) is 13.8 Å². The first-order valence-corrected chi connectivity index (χ1v) is 6.22. The van der Waals surface area contributed by atoms with E-state index in [1.165, 1.54) is 19.1 Å². The Morgan fingerprint density at radius 2 is 1.80 bits per heavy atom. The zero-order chi connectivity index (χ0) is 15.0. The number of hydrogen-bond donors (Lipinski definition) is 4. The van der Waals surface area contributed by atoms with Gasteiger partial charge in [-0.3, -0.25) is 4.79 Å². The maximum atomic E-state index is 11.5. The molecule has 4 N–H and O–H groups in total. The van der Waals surface area contributed by atoms with Crippen molar-refractivity contribution in [2.24, 2.45) is 0 Å². The summed E-state index contributed by atoms with van der Waals surface area (Å²) in [5, 5.41) is 16.9. The first-order valence-electron chi connectivity index (χ1n) is 6.22. The molecule has 0 bridgehead atoms. The standard InChI is InChI=1S/C13H19N3O4/c1-9(17)14-7-8-15-13(19)16-10(2)20-12-5-3-11(18)4-6-12/h3-6,10,18H,7-8H2,1-2H3,(H,14,17)(H2,15,16,19). The molecule has 1 aromatic carbocycles. The minimum Gasteiger partial charge on any atom is -0.508 e. The Morgan fingerprint density at radius 3 is 2.40 bits per heavy atom. The fourth-order valence-electron chi connectivity index (χ4n) is 1.41. The van der Waals surface area contributed by atoms with Crippen LogP contribution in [-0.2, 0) is 4.79 Å². The van der Waals surface area contributed by atoms with E-state index in [4.69, 9.17) is 9.84 Å². The summed E-state index contributed by atoms with van der Waals surface area (Å²) in [7, 11) is 0. The third kappa shape index (κ3) is 6.48. The molecule has 0 saturated carbocycles. The van der Waals surface area contributed by atoms with Crippen molar-refractivity contribution in [2.75, 3.05) is 13.1 Å². The topological polar surface area (TPSA) is 99.7 Å². The van der Waals surface area contributed by atoms with Crippen molar-refractivity contribution in [3.63, 3.8) is 0 Å².